The number of ether oxygens (including phenoxy) is 1. The Morgan fingerprint density at radius 1 is 1.19 bits per heavy atom. The largest absolute Gasteiger partial charge is 0.497 e. The molecular formula is C20H19NO5. The first-order chi connectivity index (χ1) is 12.6. The van der Waals surface area contributed by atoms with Gasteiger partial charge in [0.2, 0.25) is 5.91 Å². The maximum Gasteiger partial charge on any atom is 0.305 e. The van der Waals surface area contributed by atoms with Gasteiger partial charge in [-0.2, -0.15) is 0 Å². The average Bonchev–Trinajstić information content (AvgIpc) is 3.03. The number of carboxylic acid groups (broad SMARTS) is 1. The van der Waals surface area contributed by atoms with Crippen LogP contribution in [0.5, 0.6) is 5.75 Å². The zero-order chi connectivity index (χ0) is 18.5. The summed E-state index contributed by atoms with van der Waals surface area (Å²) in [6.07, 6.45) is 1.46. The Morgan fingerprint density at radius 3 is 2.65 bits per heavy atom. The van der Waals surface area contributed by atoms with Crippen molar-refractivity contribution in [2.24, 2.45) is 0 Å². The smallest absolute Gasteiger partial charge is 0.305 e. The van der Waals surface area contributed by atoms with Gasteiger partial charge in [-0.15, -0.1) is 0 Å². The summed E-state index contributed by atoms with van der Waals surface area (Å²) in [6, 6.07) is 13.9. The second-order valence-electron chi connectivity index (χ2n) is 5.93. The minimum atomic E-state index is -0.972. The number of nitrogens with one attached hydrogen (secondary N) is 1. The number of rotatable bonds is 7. The van der Waals surface area contributed by atoms with Gasteiger partial charge in [0.05, 0.1) is 32.3 Å². The minimum Gasteiger partial charge on any atom is -0.497 e. The van der Waals surface area contributed by atoms with Gasteiger partial charge in [0.25, 0.3) is 0 Å². The van der Waals surface area contributed by atoms with Crippen molar-refractivity contribution in [1.82, 2.24) is 5.32 Å². The fourth-order valence-corrected chi connectivity index (χ4v) is 2.86. The van der Waals surface area contributed by atoms with Crippen LogP contribution in [0.1, 0.15) is 23.6 Å². The van der Waals surface area contributed by atoms with Gasteiger partial charge in [0.15, 0.2) is 0 Å². The molecule has 1 atom stereocenters. The summed E-state index contributed by atoms with van der Waals surface area (Å²) in [5.74, 6) is -0.563. The van der Waals surface area contributed by atoms with E-state index in [1.165, 1.54) is 0 Å². The molecule has 0 spiro atoms. The van der Waals surface area contributed by atoms with Crippen LogP contribution in [0.25, 0.3) is 11.0 Å². The van der Waals surface area contributed by atoms with Crippen LogP contribution in [0.2, 0.25) is 0 Å². The van der Waals surface area contributed by atoms with Gasteiger partial charge in [-0.05, 0) is 17.7 Å². The molecule has 2 aromatic carbocycles. The zero-order valence-corrected chi connectivity index (χ0v) is 14.3. The number of methoxy groups -OCH3 is 1. The predicted molar refractivity (Wildman–Crippen MR) is 96.0 cm³/mol. The third-order valence-corrected chi connectivity index (χ3v) is 4.13. The number of hydrogen-bond acceptors (Lipinski definition) is 4. The van der Waals surface area contributed by atoms with Crippen molar-refractivity contribution in [2.45, 2.75) is 18.9 Å². The molecular weight excluding hydrogens is 334 g/mol. The van der Waals surface area contributed by atoms with Gasteiger partial charge in [-0.3, -0.25) is 9.59 Å². The Morgan fingerprint density at radius 2 is 1.96 bits per heavy atom. The van der Waals surface area contributed by atoms with E-state index in [-0.39, 0.29) is 18.7 Å². The Kier molecular flexibility index (Phi) is 5.22. The zero-order valence-electron chi connectivity index (χ0n) is 14.3. The van der Waals surface area contributed by atoms with Gasteiger partial charge < -0.3 is 19.6 Å². The monoisotopic (exact) mass is 353 g/mol. The Hall–Kier alpha value is -3.28. The van der Waals surface area contributed by atoms with Crippen molar-refractivity contribution in [3.05, 3.63) is 65.9 Å². The van der Waals surface area contributed by atoms with E-state index in [4.69, 9.17) is 14.3 Å². The van der Waals surface area contributed by atoms with Crippen molar-refractivity contribution < 1.29 is 23.8 Å². The summed E-state index contributed by atoms with van der Waals surface area (Å²) >= 11 is 0. The van der Waals surface area contributed by atoms with E-state index in [1.54, 1.807) is 37.6 Å². The summed E-state index contributed by atoms with van der Waals surface area (Å²) in [7, 11) is 1.57. The predicted octanol–water partition coefficient (Wildman–Crippen LogP) is 3.32. The molecule has 1 unspecified atom stereocenters. The quantitative estimate of drug-likeness (QED) is 0.680. The lowest BCUT2D eigenvalue weighted by atomic mass is 10.0. The molecule has 6 heteroatoms. The fraction of sp³-hybridized carbons (Fsp3) is 0.200. The molecule has 134 valence electrons. The van der Waals surface area contributed by atoms with Crippen LogP contribution < -0.4 is 10.1 Å². The normalized spacial score (nSPS) is 11.9. The molecule has 26 heavy (non-hydrogen) atoms. The minimum absolute atomic E-state index is 0.0995. The molecule has 3 aromatic rings. The molecule has 0 radical (unpaired) electrons. The number of benzene rings is 2. The van der Waals surface area contributed by atoms with E-state index in [0.29, 0.717) is 11.3 Å². The average molecular weight is 353 g/mol. The molecule has 3 rings (SSSR count). The van der Waals surface area contributed by atoms with Gasteiger partial charge >= 0.3 is 5.97 Å². The standard InChI is InChI=1S/C20H19NO5/c1-25-15-7-8-16-14(12-26-18(16)10-15)9-19(22)21-17(11-20(23)24)13-5-3-2-4-6-13/h2-8,10,12,17H,9,11H2,1H3,(H,21,22)(H,23,24). The number of furan rings is 1. The lowest BCUT2D eigenvalue weighted by Crippen LogP contribution is -2.31. The first-order valence-corrected chi connectivity index (χ1v) is 8.17. The second kappa shape index (κ2) is 7.74. The van der Waals surface area contributed by atoms with Crippen LogP contribution in [0, 0.1) is 0 Å². The van der Waals surface area contributed by atoms with E-state index >= 15 is 0 Å². The van der Waals surface area contributed by atoms with Crippen LogP contribution in [0.4, 0.5) is 0 Å². The van der Waals surface area contributed by atoms with Crippen LogP contribution in [-0.2, 0) is 16.0 Å². The van der Waals surface area contributed by atoms with E-state index in [2.05, 4.69) is 5.32 Å². The highest BCUT2D eigenvalue weighted by atomic mass is 16.5. The highest BCUT2D eigenvalue weighted by Crippen LogP contribution is 2.26. The van der Waals surface area contributed by atoms with Crippen molar-refractivity contribution >= 4 is 22.8 Å². The highest BCUT2D eigenvalue weighted by Gasteiger charge is 2.19. The van der Waals surface area contributed by atoms with E-state index in [9.17, 15) is 9.59 Å². The Bertz CT molecular complexity index is 916. The van der Waals surface area contributed by atoms with Crippen molar-refractivity contribution in [3.63, 3.8) is 0 Å². The van der Waals surface area contributed by atoms with E-state index < -0.39 is 12.0 Å². The molecule has 2 N–H and O–H groups in total. The van der Waals surface area contributed by atoms with Crippen LogP contribution in [-0.4, -0.2) is 24.1 Å². The van der Waals surface area contributed by atoms with Gasteiger partial charge in [-0.25, -0.2) is 0 Å². The number of carbonyl (C=O) groups excluding carboxylic acids is 1. The topological polar surface area (TPSA) is 88.8 Å². The first kappa shape index (κ1) is 17.5. The maximum absolute atomic E-state index is 12.5. The Labute approximate surface area is 150 Å². The molecule has 0 saturated heterocycles. The molecule has 0 aliphatic rings. The summed E-state index contributed by atoms with van der Waals surface area (Å²) in [5, 5.41) is 12.8. The molecule has 0 aliphatic carbocycles. The summed E-state index contributed by atoms with van der Waals surface area (Å²) in [5.41, 5.74) is 2.13. The maximum atomic E-state index is 12.5. The number of carboxylic acids is 1. The lowest BCUT2D eigenvalue weighted by molar-refractivity contribution is -0.137. The third kappa shape index (κ3) is 4.03. The third-order valence-electron chi connectivity index (χ3n) is 4.13. The number of aliphatic carboxylic acids is 1. The first-order valence-electron chi connectivity index (χ1n) is 8.17. The molecule has 0 aliphatic heterocycles. The molecule has 1 amide bonds. The number of carbonyl (C=O) groups is 2. The van der Waals surface area contributed by atoms with E-state index in [0.717, 1.165) is 16.5 Å². The molecule has 6 nitrogen and oxygen atoms in total. The van der Waals surface area contributed by atoms with Crippen molar-refractivity contribution in [3.8, 4) is 5.75 Å². The molecule has 1 aromatic heterocycles. The Balaban J connectivity index is 1.75. The fourth-order valence-electron chi connectivity index (χ4n) is 2.86. The van der Waals surface area contributed by atoms with Gasteiger partial charge in [0, 0.05) is 17.0 Å². The molecule has 1 heterocycles. The molecule has 0 bridgehead atoms. The van der Waals surface area contributed by atoms with Gasteiger partial charge in [0.1, 0.15) is 11.3 Å². The molecule has 0 fully saturated rings. The summed E-state index contributed by atoms with van der Waals surface area (Å²) in [6.45, 7) is 0. The number of fused-ring (bicyclic) bond motifs is 1. The van der Waals surface area contributed by atoms with Crippen LogP contribution >= 0.6 is 0 Å². The summed E-state index contributed by atoms with van der Waals surface area (Å²) in [4.78, 5) is 23.6. The van der Waals surface area contributed by atoms with Crippen molar-refractivity contribution in [1.29, 1.82) is 0 Å². The van der Waals surface area contributed by atoms with E-state index in [1.807, 2.05) is 24.3 Å². The molecule has 0 saturated carbocycles. The lowest BCUT2D eigenvalue weighted by Gasteiger charge is -2.17. The number of hydrogen-bond donors (Lipinski definition) is 2. The van der Waals surface area contributed by atoms with Crippen molar-refractivity contribution in [2.75, 3.05) is 7.11 Å². The summed E-state index contributed by atoms with van der Waals surface area (Å²) < 4.78 is 10.6. The van der Waals surface area contributed by atoms with Crippen LogP contribution in [0.3, 0.4) is 0 Å². The second-order valence-corrected chi connectivity index (χ2v) is 5.93. The number of amides is 1. The van der Waals surface area contributed by atoms with Gasteiger partial charge in [-0.1, -0.05) is 30.3 Å². The SMILES string of the molecule is COc1ccc2c(CC(=O)NC(CC(=O)O)c3ccccc3)coc2c1. The van der Waals surface area contributed by atoms with Crippen LogP contribution in [0.15, 0.2) is 59.2 Å². The highest BCUT2D eigenvalue weighted by molar-refractivity contribution is 5.88.